The molecule has 1 atom stereocenters. The van der Waals surface area contributed by atoms with Crippen molar-refractivity contribution in [1.82, 2.24) is 0 Å². The van der Waals surface area contributed by atoms with Crippen molar-refractivity contribution in [3.8, 4) is 0 Å². The first-order chi connectivity index (χ1) is 7.61. The van der Waals surface area contributed by atoms with Crippen LogP contribution in [0.4, 0.5) is 11.4 Å². The molecule has 0 aromatic heterocycles. The van der Waals surface area contributed by atoms with Crippen molar-refractivity contribution in [2.75, 3.05) is 23.3 Å². The van der Waals surface area contributed by atoms with Crippen LogP contribution in [0, 0.1) is 0 Å². The number of hydrogen-bond donors (Lipinski definition) is 2. The van der Waals surface area contributed by atoms with Gasteiger partial charge in [0.2, 0.25) is 5.91 Å². The number of nitrogens with one attached hydrogen (secondary N) is 1. The van der Waals surface area contributed by atoms with Gasteiger partial charge in [-0.2, -0.15) is 0 Å². The number of halogens is 1. The van der Waals surface area contributed by atoms with E-state index in [0.717, 1.165) is 11.4 Å². The highest BCUT2D eigenvalue weighted by molar-refractivity contribution is 6.31. The van der Waals surface area contributed by atoms with Crippen LogP contribution in [0.15, 0.2) is 18.2 Å². The van der Waals surface area contributed by atoms with Crippen molar-refractivity contribution in [3.05, 3.63) is 23.2 Å². The molecule has 1 aromatic rings. The average Bonchev–Trinajstić information content (AvgIpc) is 2.26. The monoisotopic (exact) mass is 239 g/mol. The van der Waals surface area contributed by atoms with E-state index in [1.54, 1.807) is 6.07 Å². The lowest BCUT2D eigenvalue weighted by Gasteiger charge is -2.35. The van der Waals surface area contributed by atoms with Gasteiger partial charge in [0, 0.05) is 17.6 Å². The molecule has 0 radical (unpaired) electrons. The molecule has 2 rings (SSSR count). The van der Waals surface area contributed by atoms with Gasteiger partial charge in [0.1, 0.15) is 0 Å². The molecule has 5 heteroatoms. The molecule has 4 nitrogen and oxygen atoms in total. The molecular formula is C11H14ClN3O. The lowest BCUT2D eigenvalue weighted by molar-refractivity contribution is -0.115. The Morgan fingerprint density at radius 3 is 3.06 bits per heavy atom. The molecule has 1 aromatic carbocycles. The van der Waals surface area contributed by atoms with Gasteiger partial charge >= 0.3 is 0 Å². The summed E-state index contributed by atoms with van der Waals surface area (Å²) in [5.74, 6) is -0.0323. The zero-order valence-corrected chi connectivity index (χ0v) is 9.79. The summed E-state index contributed by atoms with van der Waals surface area (Å²) in [6, 6.07) is 5.60. The molecule has 0 spiro atoms. The first kappa shape index (κ1) is 11.2. The maximum atomic E-state index is 11.5. The zero-order valence-electron chi connectivity index (χ0n) is 9.03. The Kier molecular flexibility index (Phi) is 3.03. The Labute approximate surface area is 99.4 Å². The second-order valence-electron chi connectivity index (χ2n) is 3.92. The molecule has 1 aliphatic rings. The third kappa shape index (κ3) is 1.99. The highest BCUT2D eigenvalue weighted by Gasteiger charge is 2.24. The van der Waals surface area contributed by atoms with Crippen molar-refractivity contribution >= 4 is 28.9 Å². The molecule has 0 fully saturated rings. The van der Waals surface area contributed by atoms with Crippen LogP contribution in [0.25, 0.3) is 0 Å². The molecule has 0 saturated carbocycles. The normalized spacial score (nSPS) is 16.7. The second-order valence-corrected chi connectivity index (χ2v) is 4.36. The highest BCUT2D eigenvalue weighted by Crippen LogP contribution is 2.32. The summed E-state index contributed by atoms with van der Waals surface area (Å²) in [6.07, 6.45) is 0. The van der Waals surface area contributed by atoms with E-state index in [0.29, 0.717) is 18.1 Å². The Hall–Kier alpha value is -1.26. The van der Waals surface area contributed by atoms with Gasteiger partial charge in [-0.05, 0) is 25.1 Å². The standard InChI is InChI=1S/C11H14ClN3O/c1-7(5-13)15-6-11(16)14-9-4-8(12)2-3-10(9)15/h2-4,7H,5-6,13H2,1H3,(H,14,16). The predicted octanol–water partition coefficient (Wildman–Crippen LogP) is 1.45. The van der Waals surface area contributed by atoms with E-state index in [1.165, 1.54) is 0 Å². The highest BCUT2D eigenvalue weighted by atomic mass is 35.5. The van der Waals surface area contributed by atoms with Crippen molar-refractivity contribution < 1.29 is 4.79 Å². The maximum Gasteiger partial charge on any atom is 0.243 e. The van der Waals surface area contributed by atoms with E-state index < -0.39 is 0 Å². The van der Waals surface area contributed by atoms with E-state index >= 15 is 0 Å². The van der Waals surface area contributed by atoms with E-state index in [9.17, 15) is 4.79 Å². The Morgan fingerprint density at radius 2 is 2.38 bits per heavy atom. The fraction of sp³-hybridized carbons (Fsp3) is 0.364. The second kappa shape index (κ2) is 4.31. The first-order valence-electron chi connectivity index (χ1n) is 5.18. The molecule has 0 aliphatic carbocycles. The number of nitrogens with two attached hydrogens (primary N) is 1. The number of fused-ring (bicyclic) bond motifs is 1. The number of rotatable bonds is 2. The number of nitrogens with zero attached hydrogens (tertiary/aromatic N) is 1. The van der Waals surface area contributed by atoms with Crippen LogP contribution in [0.5, 0.6) is 0 Å². The molecule has 1 amide bonds. The van der Waals surface area contributed by atoms with Crippen molar-refractivity contribution in [2.45, 2.75) is 13.0 Å². The Morgan fingerprint density at radius 1 is 1.62 bits per heavy atom. The van der Waals surface area contributed by atoms with Crippen molar-refractivity contribution in [3.63, 3.8) is 0 Å². The summed E-state index contributed by atoms with van der Waals surface area (Å²) in [4.78, 5) is 13.5. The van der Waals surface area contributed by atoms with Crippen molar-refractivity contribution in [2.24, 2.45) is 5.73 Å². The lowest BCUT2D eigenvalue weighted by atomic mass is 10.1. The molecular weight excluding hydrogens is 226 g/mol. The molecule has 0 saturated heterocycles. The van der Waals surface area contributed by atoms with Crippen LogP contribution < -0.4 is 16.0 Å². The predicted molar refractivity (Wildman–Crippen MR) is 65.9 cm³/mol. The van der Waals surface area contributed by atoms with Gasteiger partial charge in [0.15, 0.2) is 0 Å². The summed E-state index contributed by atoms with van der Waals surface area (Å²) in [5, 5.41) is 3.42. The average molecular weight is 240 g/mol. The van der Waals surface area contributed by atoms with Crippen LogP contribution in [-0.4, -0.2) is 25.0 Å². The molecule has 86 valence electrons. The third-order valence-corrected chi connectivity index (χ3v) is 2.96. The number of anilines is 2. The minimum absolute atomic E-state index is 0.0323. The van der Waals surface area contributed by atoms with Gasteiger partial charge in [-0.3, -0.25) is 4.79 Å². The number of amides is 1. The molecule has 3 N–H and O–H groups in total. The Balaban J connectivity index is 2.41. The van der Waals surface area contributed by atoms with Crippen LogP contribution in [-0.2, 0) is 4.79 Å². The molecule has 16 heavy (non-hydrogen) atoms. The van der Waals surface area contributed by atoms with Crippen LogP contribution in [0.3, 0.4) is 0 Å². The molecule has 1 heterocycles. The zero-order chi connectivity index (χ0) is 11.7. The fourth-order valence-corrected chi connectivity index (χ4v) is 1.98. The Bertz CT molecular complexity index is 422. The summed E-state index contributed by atoms with van der Waals surface area (Å²) < 4.78 is 0. The topological polar surface area (TPSA) is 58.4 Å². The van der Waals surface area contributed by atoms with Gasteiger partial charge in [0.05, 0.1) is 17.9 Å². The first-order valence-corrected chi connectivity index (χ1v) is 5.55. The van der Waals surface area contributed by atoms with E-state index in [2.05, 4.69) is 5.32 Å². The molecule has 1 aliphatic heterocycles. The number of carbonyl (C=O) groups excluding carboxylic acids is 1. The smallest absolute Gasteiger partial charge is 0.243 e. The molecule has 1 unspecified atom stereocenters. The number of carbonyl (C=O) groups is 1. The van der Waals surface area contributed by atoms with Crippen molar-refractivity contribution in [1.29, 1.82) is 0 Å². The van der Waals surface area contributed by atoms with E-state index in [4.69, 9.17) is 17.3 Å². The minimum atomic E-state index is -0.0323. The third-order valence-electron chi connectivity index (χ3n) is 2.73. The van der Waals surface area contributed by atoms with Crippen LogP contribution >= 0.6 is 11.6 Å². The van der Waals surface area contributed by atoms with Crippen LogP contribution in [0.1, 0.15) is 6.92 Å². The maximum absolute atomic E-state index is 11.5. The van der Waals surface area contributed by atoms with E-state index in [1.807, 2.05) is 24.0 Å². The minimum Gasteiger partial charge on any atom is -0.357 e. The van der Waals surface area contributed by atoms with Gasteiger partial charge in [-0.1, -0.05) is 11.6 Å². The largest absolute Gasteiger partial charge is 0.357 e. The summed E-state index contributed by atoms with van der Waals surface area (Å²) in [5.41, 5.74) is 7.36. The van der Waals surface area contributed by atoms with Gasteiger partial charge in [0.25, 0.3) is 0 Å². The summed E-state index contributed by atoms with van der Waals surface area (Å²) >= 11 is 5.89. The number of benzene rings is 1. The number of hydrogen-bond acceptors (Lipinski definition) is 3. The molecule has 0 bridgehead atoms. The summed E-state index contributed by atoms with van der Waals surface area (Å²) in [6.45, 7) is 2.85. The SMILES string of the molecule is CC(CN)N1CC(=O)Nc2cc(Cl)ccc21. The fourth-order valence-electron chi connectivity index (χ4n) is 1.81. The van der Waals surface area contributed by atoms with E-state index in [-0.39, 0.29) is 11.9 Å². The van der Waals surface area contributed by atoms with Gasteiger partial charge in [-0.25, -0.2) is 0 Å². The quantitative estimate of drug-likeness (QED) is 0.821. The van der Waals surface area contributed by atoms with Gasteiger partial charge < -0.3 is 16.0 Å². The summed E-state index contributed by atoms with van der Waals surface area (Å²) in [7, 11) is 0. The van der Waals surface area contributed by atoms with Gasteiger partial charge in [-0.15, -0.1) is 0 Å². The van der Waals surface area contributed by atoms with Crippen LogP contribution in [0.2, 0.25) is 5.02 Å². The lowest BCUT2D eigenvalue weighted by Crippen LogP contribution is -2.46.